The molecule has 1 aromatic carbocycles. The predicted molar refractivity (Wildman–Crippen MR) is 88.4 cm³/mol. The standard InChI is InChI=1S/C16H20N4O3/c1-4-5-16(21)18-15-9-8-14(19-20-15)17-12-7-6-11(22-2)10-13(12)23-3/h6-10H,4-5H2,1-3H3,(H,17,19)(H,18,20,21). The number of aromatic nitrogens is 2. The number of carbonyl (C=O) groups excluding carboxylic acids is 1. The molecular weight excluding hydrogens is 296 g/mol. The molecule has 0 saturated heterocycles. The van der Waals surface area contributed by atoms with E-state index in [4.69, 9.17) is 9.47 Å². The molecular formula is C16H20N4O3. The fourth-order valence-electron chi connectivity index (χ4n) is 1.94. The van der Waals surface area contributed by atoms with Crippen molar-refractivity contribution in [3.05, 3.63) is 30.3 Å². The first-order valence-electron chi connectivity index (χ1n) is 7.29. The van der Waals surface area contributed by atoms with Gasteiger partial charge in [-0.25, -0.2) is 0 Å². The van der Waals surface area contributed by atoms with Gasteiger partial charge < -0.3 is 20.1 Å². The van der Waals surface area contributed by atoms with E-state index in [1.807, 2.05) is 19.1 Å². The van der Waals surface area contributed by atoms with Gasteiger partial charge in [-0.3, -0.25) is 4.79 Å². The van der Waals surface area contributed by atoms with Crippen molar-refractivity contribution in [2.75, 3.05) is 24.9 Å². The monoisotopic (exact) mass is 316 g/mol. The molecule has 1 amide bonds. The minimum absolute atomic E-state index is 0.0701. The zero-order valence-electron chi connectivity index (χ0n) is 13.4. The largest absolute Gasteiger partial charge is 0.497 e. The van der Waals surface area contributed by atoms with Crippen LogP contribution in [0.15, 0.2) is 30.3 Å². The number of carbonyl (C=O) groups is 1. The van der Waals surface area contributed by atoms with Gasteiger partial charge in [0.2, 0.25) is 5.91 Å². The third kappa shape index (κ3) is 4.57. The number of hydrogen-bond acceptors (Lipinski definition) is 6. The maximum absolute atomic E-state index is 11.5. The van der Waals surface area contributed by atoms with Crippen molar-refractivity contribution in [3.63, 3.8) is 0 Å². The van der Waals surface area contributed by atoms with Gasteiger partial charge in [0.05, 0.1) is 19.9 Å². The smallest absolute Gasteiger partial charge is 0.225 e. The summed E-state index contributed by atoms with van der Waals surface area (Å²) < 4.78 is 10.5. The minimum Gasteiger partial charge on any atom is -0.497 e. The molecule has 0 unspecified atom stereocenters. The van der Waals surface area contributed by atoms with E-state index in [2.05, 4.69) is 20.8 Å². The number of nitrogens with one attached hydrogen (secondary N) is 2. The number of rotatable bonds is 7. The highest BCUT2D eigenvalue weighted by Gasteiger charge is 2.07. The molecule has 122 valence electrons. The Morgan fingerprint density at radius 1 is 1.09 bits per heavy atom. The van der Waals surface area contributed by atoms with Gasteiger partial charge in [0, 0.05) is 12.5 Å². The van der Waals surface area contributed by atoms with Gasteiger partial charge in [-0.2, -0.15) is 0 Å². The summed E-state index contributed by atoms with van der Waals surface area (Å²) in [7, 11) is 3.18. The third-order valence-corrected chi connectivity index (χ3v) is 3.08. The summed E-state index contributed by atoms with van der Waals surface area (Å²) in [6.07, 6.45) is 1.25. The number of ether oxygens (including phenoxy) is 2. The van der Waals surface area contributed by atoms with Gasteiger partial charge in [0.15, 0.2) is 11.6 Å². The summed E-state index contributed by atoms with van der Waals surface area (Å²) in [6.45, 7) is 1.94. The number of nitrogens with zero attached hydrogens (tertiary/aromatic N) is 2. The molecule has 2 rings (SSSR count). The van der Waals surface area contributed by atoms with Crippen molar-refractivity contribution in [2.45, 2.75) is 19.8 Å². The van der Waals surface area contributed by atoms with Crippen LogP contribution in [0.2, 0.25) is 0 Å². The normalized spacial score (nSPS) is 10.0. The summed E-state index contributed by atoms with van der Waals surface area (Å²) in [6, 6.07) is 8.85. The van der Waals surface area contributed by atoms with E-state index in [-0.39, 0.29) is 5.91 Å². The SMILES string of the molecule is CCCC(=O)Nc1ccc(Nc2ccc(OC)cc2OC)nn1. The summed E-state index contributed by atoms with van der Waals surface area (Å²) >= 11 is 0. The van der Waals surface area contributed by atoms with E-state index in [0.29, 0.717) is 29.6 Å². The fourth-order valence-corrected chi connectivity index (χ4v) is 1.94. The number of hydrogen-bond donors (Lipinski definition) is 2. The number of benzene rings is 1. The second-order valence-electron chi connectivity index (χ2n) is 4.79. The molecule has 1 aromatic heterocycles. The van der Waals surface area contributed by atoms with Gasteiger partial charge in [-0.1, -0.05) is 6.92 Å². The van der Waals surface area contributed by atoms with Gasteiger partial charge >= 0.3 is 0 Å². The van der Waals surface area contributed by atoms with E-state index in [1.165, 1.54) is 0 Å². The lowest BCUT2D eigenvalue weighted by Crippen LogP contribution is -2.12. The quantitative estimate of drug-likeness (QED) is 0.817. The molecule has 23 heavy (non-hydrogen) atoms. The number of amides is 1. The molecule has 0 aliphatic heterocycles. The summed E-state index contributed by atoms with van der Waals surface area (Å²) in [4.78, 5) is 11.5. The lowest BCUT2D eigenvalue weighted by atomic mass is 10.2. The topological polar surface area (TPSA) is 85.4 Å². The van der Waals surface area contributed by atoms with Crippen molar-refractivity contribution < 1.29 is 14.3 Å². The van der Waals surface area contributed by atoms with E-state index in [1.54, 1.807) is 32.4 Å². The van der Waals surface area contributed by atoms with Crippen LogP contribution in [0.25, 0.3) is 0 Å². The van der Waals surface area contributed by atoms with Crippen LogP contribution in [0.3, 0.4) is 0 Å². The number of methoxy groups -OCH3 is 2. The first-order valence-corrected chi connectivity index (χ1v) is 7.29. The van der Waals surface area contributed by atoms with Crippen LogP contribution in [-0.4, -0.2) is 30.3 Å². The minimum atomic E-state index is -0.0701. The fraction of sp³-hybridized carbons (Fsp3) is 0.312. The van der Waals surface area contributed by atoms with Crippen molar-refractivity contribution in [2.24, 2.45) is 0 Å². The number of anilines is 3. The van der Waals surface area contributed by atoms with Crippen LogP contribution in [-0.2, 0) is 4.79 Å². The van der Waals surface area contributed by atoms with E-state index < -0.39 is 0 Å². The van der Waals surface area contributed by atoms with Crippen LogP contribution in [0.1, 0.15) is 19.8 Å². The van der Waals surface area contributed by atoms with E-state index >= 15 is 0 Å². The van der Waals surface area contributed by atoms with Crippen LogP contribution in [0, 0.1) is 0 Å². The average molecular weight is 316 g/mol. The Morgan fingerprint density at radius 3 is 2.43 bits per heavy atom. The first-order chi connectivity index (χ1) is 11.2. The second-order valence-corrected chi connectivity index (χ2v) is 4.79. The van der Waals surface area contributed by atoms with Crippen molar-refractivity contribution in [3.8, 4) is 11.5 Å². The second kappa shape index (κ2) is 7.98. The van der Waals surface area contributed by atoms with Crippen LogP contribution >= 0.6 is 0 Å². The zero-order valence-corrected chi connectivity index (χ0v) is 13.4. The maximum Gasteiger partial charge on any atom is 0.225 e. The Kier molecular flexibility index (Phi) is 5.74. The lowest BCUT2D eigenvalue weighted by molar-refractivity contribution is -0.116. The Hall–Kier alpha value is -2.83. The van der Waals surface area contributed by atoms with Gasteiger partial charge in [-0.05, 0) is 30.7 Å². The molecule has 0 bridgehead atoms. The maximum atomic E-state index is 11.5. The summed E-state index contributed by atoms with van der Waals surface area (Å²) in [5.41, 5.74) is 0.741. The highest BCUT2D eigenvalue weighted by molar-refractivity contribution is 5.89. The molecule has 2 aromatic rings. The highest BCUT2D eigenvalue weighted by atomic mass is 16.5. The molecule has 7 nitrogen and oxygen atoms in total. The van der Waals surface area contributed by atoms with Gasteiger partial charge in [-0.15, -0.1) is 10.2 Å². The Labute approximate surface area is 135 Å². The van der Waals surface area contributed by atoms with Crippen LogP contribution in [0.5, 0.6) is 11.5 Å². The molecule has 0 atom stereocenters. The summed E-state index contributed by atoms with van der Waals surface area (Å²) in [5, 5.41) is 13.8. The Morgan fingerprint density at radius 2 is 1.83 bits per heavy atom. The molecule has 7 heteroatoms. The predicted octanol–water partition coefficient (Wildman–Crippen LogP) is 2.98. The molecule has 0 radical (unpaired) electrons. The first kappa shape index (κ1) is 16.5. The highest BCUT2D eigenvalue weighted by Crippen LogP contribution is 2.30. The van der Waals surface area contributed by atoms with E-state index in [0.717, 1.165) is 12.1 Å². The van der Waals surface area contributed by atoms with E-state index in [9.17, 15) is 4.79 Å². The molecule has 2 N–H and O–H groups in total. The Bertz CT molecular complexity index is 659. The zero-order chi connectivity index (χ0) is 16.7. The van der Waals surface area contributed by atoms with Crippen molar-refractivity contribution in [1.29, 1.82) is 0 Å². The molecule has 1 heterocycles. The molecule has 0 saturated carbocycles. The van der Waals surface area contributed by atoms with Crippen LogP contribution < -0.4 is 20.1 Å². The molecule has 0 aliphatic carbocycles. The van der Waals surface area contributed by atoms with Crippen molar-refractivity contribution in [1.82, 2.24) is 10.2 Å². The molecule has 0 aliphatic rings. The molecule has 0 fully saturated rings. The average Bonchev–Trinajstić information content (AvgIpc) is 2.57. The third-order valence-electron chi connectivity index (χ3n) is 3.08. The summed E-state index contributed by atoms with van der Waals surface area (Å²) in [5.74, 6) is 2.23. The lowest BCUT2D eigenvalue weighted by Gasteiger charge is -2.12. The van der Waals surface area contributed by atoms with Crippen molar-refractivity contribution >= 4 is 23.2 Å². The van der Waals surface area contributed by atoms with Gasteiger partial charge in [0.1, 0.15) is 11.5 Å². The van der Waals surface area contributed by atoms with Crippen LogP contribution in [0.4, 0.5) is 17.3 Å². The molecule has 0 spiro atoms. The Balaban J connectivity index is 2.07. The van der Waals surface area contributed by atoms with Gasteiger partial charge in [0.25, 0.3) is 0 Å².